The van der Waals surface area contributed by atoms with Crippen LogP contribution in [0, 0.1) is 12.7 Å². The Kier molecular flexibility index (Phi) is 6.08. The van der Waals surface area contributed by atoms with E-state index in [0.29, 0.717) is 44.6 Å². The molecule has 1 aromatic heterocycles. The molecule has 2 amide bonds. The van der Waals surface area contributed by atoms with Crippen LogP contribution < -0.4 is 0 Å². The van der Waals surface area contributed by atoms with Gasteiger partial charge < -0.3 is 14.5 Å². The Hall–Kier alpha value is -2.80. The van der Waals surface area contributed by atoms with Gasteiger partial charge in [0.1, 0.15) is 11.9 Å². The summed E-state index contributed by atoms with van der Waals surface area (Å²) in [5, 5.41) is 0. The van der Waals surface area contributed by atoms with Gasteiger partial charge in [0.15, 0.2) is 0 Å². The van der Waals surface area contributed by atoms with Crippen molar-refractivity contribution in [1.29, 1.82) is 0 Å². The molecule has 0 radical (unpaired) electrons. The zero-order chi connectivity index (χ0) is 21.1. The van der Waals surface area contributed by atoms with Crippen LogP contribution in [0.15, 0.2) is 36.4 Å². The summed E-state index contributed by atoms with van der Waals surface area (Å²) in [7, 11) is 0. The Labute approximate surface area is 175 Å². The first-order valence-electron chi connectivity index (χ1n) is 10.4. The molecule has 1 atom stereocenters. The van der Waals surface area contributed by atoms with E-state index in [2.05, 4.69) is 4.98 Å². The molecule has 0 spiro atoms. The van der Waals surface area contributed by atoms with Gasteiger partial charge in [0.05, 0.1) is 25.4 Å². The summed E-state index contributed by atoms with van der Waals surface area (Å²) in [5.74, 6) is -0.236. The Morgan fingerprint density at radius 3 is 2.87 bits per heavy atom. The van der Waals surface area contributed by atoms with E-state index in [0.717, 1.165) is 23.4 Å². The summed E-state index contributed by atoms with van der Waals surface area (Å²) >= 11 is 0. The number of amides is 2. The van der Waals surface area contributed by atoms with Crippen LogP contribution in [0.2, 0.25) is 0 Å². The number of halogens is 1. The molecule has 7 heteroatoms. The van der Waals surface area contributed by atoms with Crippen LogP contribution in [0.25, 0.3) is 0 Å². The lowest BCUT2D eigenvalue weighted by Crippen LogP contribution is -2.47. The molecule has 30 heavy (non-hydrogen) atoms. The van der Waals surface area contributed by atoms with Crippen molar-refractivity contribution in [2.75, 3.05) is 32.8 Å². The van der Waals surface area contributed by atoms with Gasteiger partial charge in [-0.15, -0.1) is 0 Å². The lowest BCUT2D eigenvalue weighted by Gasteiger charge is -2.34. The van der Waals surface area contributed by atoms with Crippen molar-refractivity contribution in [3.63, 3.8) is 0 Å². The number of aromatic nitrogens is 1. The number of hydrogen-bond donors (Lipinski definition) is 0. The number of hydrogen-bond acceptors (Lipinski definition) is 4. The summed E-state index contributed by atoms with van der Waals surface area (Å²) in [6.45, 7) is 4.01. The third-order valence-corrected chi connectivity index (χ3v) is 5.63. The molecular weight excluding hydrogens is 385 g/mol. The topological polar surface area (TPSA) is 62.7 Å². The van der Waals surface area contributed by atoms with Crippen LogP contribution in [-0.2, 0) is 20.7 Å². The maximum absolute atomic E-state index is 14.1. The fourth-order valence-corrected chi connectivity index (χ4v) is 4.09. The zero-order valence-corrected chi connectivity index (χ0v) is 17.1. The first-order valence-corrected chi connectivity index (χ1v) is 10.4. The molecule has 1 aromatic carbocycles. The quantitative estimate of drug-likeness (QED) is 0.759. The molecule has 158 valence electrons. The van der Waals surface area contributed by atoms with Gasteiger partial charge in [0.2, 0.25) is 11.8 Å². The average Bonchev–Trinajstić information content (AvgIpc) is 3.14. The molecule has 2 aromatic rings. The number of benzene rings is 1. The van der Waals surface area contributed by atoms with E-state index in [9.17, 15) is 14.0 Å². The first-order chi connectivity index (χ1) is 14.5. The van der Waals surface area contributed by atoms with Crippen molar-refractivity contribution < 1.29 is 18.7 Å². The number of pyridine rings is 1. The van der Waals surface area contributed by atoms with Gasteiger partial charge in [-0.1, -0.05) is 18.2 Å². The molecule has 2 saturated heterocycles. The summed E-state index contributed by atoms with van der Waals surface area (Å²) < 4.78 is 20.0. The number of likely N-dealkylation sites (tertiary alicyclic amines) is 1. The highest BCUT2D eigenvalue weighted by Crippen LogP contribution is 2.24. The van der Waals surface area contributed by atoms with Gasteiger partial charge in [-0.05, 0) is 42.7 Å². The minimum Gasteiger partial charge on any atom is -0.368 e. The van der Waals surface area contributed by atoms with Crippen molar-refractivity contribution in [3.8, 4) is 0 Å². The Morgan fingerprint density at radius 2 is 2.10 bits per heavy atom. The predicted molar refractivity (Wildman–Crippen MR) is 109 cm³/mol. The third-order valence-electron chi connectivity index (χ3n) is 5.63. The summed E-state index contributed by atoms with van der Waals surface area (Å²) in [6.07, 6.45) is 1.47. The standard InChI is InChI=1S/C23H26FN3O3/c1-16-11-17(12-18-5-2-3-6-19(18)24)13-20(25-16)21-14-27(9-10-30-21)23(29)15-26-8-4-7-22(26)28/h2-3,5-6,11,13,21H,4,7-10,12,14-15H2,1H3/t21-/m1/s1. The van der Waals surface area contributed by atoms with Crippen LogP contribution in [0.4, 0.5) is 4.39 Å². The number of aryl methyl sites for hydroxylation is 1. The number of carbonyl (C=O) groups is 2. The fourth-order valence-electron chi connectivity index (χ4n) is 4.09. The maximum Gasteiger partial charge on any atom is 0.242 e. The minimum atomic E-state index is -0.337. The van der Waals surface area contributed by atoms with Gasteiger partial charge in [-0.3, -0.25) is 14.6 Å². The molecule has 2 fully saturated rings. The second kappa shape index (κ2) is 8.92. The molecule has 0 unspecified atom stereocenters. The van der Waals surface area contributed by atoms with Crippen molar-refractivity contribution >= 4 is 11.8 Å². The van der Waals surface area contributed by atoms with E-state index < -0.39 is 0 Å². The number of ether oxygens (including phenoxy) is 1. The monoisotopic (exact) mass is 411 g/mol. The molecule has 2 aliphatic rings. The van der Waals surface area contributed by atoms with E-state index in [1.807, 2.05) is 25.1 Å². The second-order valence-corrected chi connectivity index (χ2v) is 7.93. The number of morpholine rings is 1. The lowest BCUT2D eigenvalue weighted by molar-refractivity contribution is -0.143. The van der Waals surface area contributed by atoms with Gasteiger partial charge in [-0.2, -0.15) is 0 Å². The third kappa shape index (κ3) is 4.67. The molecule has 0 N–H and O–H groups in total. The molecule has 3 heterocycles. The van der Waals surface area contributed by atoms with E-state index in [1.54, 1.807) is 21.9 Å². The zero-order valence-electron chi connectivity index (χ0n) is 17.1. The van der Waals surface area contributed by atoms with Gasteiger partial charge in [0, 0.05) is 31.6 Å². The fraction of sp³-hybridized carbons (Fsp3) is 0.435. The van der Waals surface area contributed by atoms with E-state index in [1.165, 1.54) is 6.07 Å². The van der Waals surface area contributed by atoms with Crippen LogP contribution in [-0.4, -0.2) is 59.4 Å². The molecular formula is C23H26FN3O3. The predicted octanol–water partition coefficient (Wildman–Crippen LogP) is 2.64. The van der Waals surface area contributed by atoms with Crippen molar-refractivity contribution in [2.24, 2.45) is 0 Å². The van der Waals surface area contributed by atoms with Crippen LogP contribution in [0.3, 0.4) is 0 Å². The first kappa shape index (κ1) is 20.5. The van der Waals surface area contributed by atoms with Gasteiger partial charge in [0.25, 0.3) is 0 Å². The van der Waals surface area contributed by atoms with Gasteiger partial charge >= 0.3 is 0 Å². The highest BCUT2D eigenvalue weighted by atomic mass is 19.1. The lowest BCUT2D eigenvalue weighted by atomic mass is 10.0. The molecule has 0 saturated carbocycles. The normalized spacial score (nSPS) is 19.4. The largest absolute Gasteiger partial charge is 0.368 e. The molecule has 2 aliphatic heterocycles. The van der Waals surface area contributed by atoms with E-state index in [4.69, 9.17) is 4.74 Å². The second-order valence-electron chi connectivity index (χ2n) is 7.93. The highest BCUT2D eigenvalue weighted by molar-refractivity contribution is 5.86. The number of rotatable bonds is 5. The number of carbonyl (C=O) groups excluding carboxylic acids is 2. The van der Waals surface area contributed by atoms with Crippen LogP contribution in [0.1, 0.15) is 41.5 Å². The summed E-state index contributed by atoms with van der Waals surface area (Å²) in [5.41, 5.74) is 3.16. The number of nitrogens with zero attached hydrogens (tertiary/aromatic N) is 3. The Morgan fingerprint density at radius 1 is 1.27 bits per heavy atom. The van der Waals surface area contributed by atoms with Crippen LogP contribution >= 0.6 is 0 Å². The Bertz CT molecular complexity index is 949. The summed E-state index contributed by atoms with van der Waals surface area (Å²) in [6, 6.07) is 10.6. The van der Waals surface area contributed by atoms with Gasteiger partial charge in [-0.25, -0.2) is 4.39 Å². The minimum absolute atomic E-state index is 0.0475. The highest BCUT2D eigenvalue weighted by Gasteiger charge is 2.30. The van der Waals surface area contributed by atoms with Crippen molar-refractivity contribution in [2.45, 2.75) is 32.3 Å². The van der Waals surface area contributed by atoms with E-state index >= 15 is 0 Å². The molecule has 6 nitrogen and oxygen atoms in total. The molecule has 0 bridgehead atoms. The SMILES string of the molecule is Cc1cc(Cc2ccccc2F)cc([C@H]2CN(C(=O)CN3CCCC3=O)CCO2)n1. The average molecular weight is 411 g/mol. The van der Waals surface area contributed by atoms with Crippen molar-refractivity contribution in [3.05, 3.63) is 64.7 Å². The smallest absolute Gasteiger partial charge is 0.242 e. The van der Waals surface area contributed by atoms with Crippen LogP contribution in [0.5, 0.6) is 0 Å². The molecule has 0 aliphatic carbocycles. The molecule has 4 rings (SSSR count). The summed E-state index contributed by atoms with van der Waals surface area (Å²) in [4.78, 5) is 32.5. The Balaban J connectivity index is 1.46. The maximum atomic E-state index is 14.1. The van der Waals surface area contributed by atoms with Crippen molar-refractivity contribution in [1.82, 2.24) is 14.8 Å². The van der Waals surface area contributed by atoms with E-state index in [-0.39, 0.29) is 30.3 Å².